The summed E-state index contributed by atoms with van der Waals surface area (Å²) in [5.41, 5.74) is -0.708. The molecule has 0 atom stereocenters. The van der Waals surface area contributed by atoms with Crippen molar-refractivity contribution in [2.24, 2.45) is 0 Å². The van der Waals surface area contributed by atoms with E-state index in [4.69, 9.17) is 4.74 Å². The first-order chi connectivity index (χ1) is 14.8. The largest absolute Gasteiger partial charge is 0.416 e. The maximum atomic E-state index is 13.1. The fraction of sp³-hybridized carbons (Fsp3) is 0.350. The maximum absolute atomic E-state index is 13.1. The molecule has 3 aromatic rings. The average molecular weight is 498 g/mol. The van der Waals surface area contributed by atoms with Crippen molar-refractivity contribution in [1.82, 2.24) is 15.0 Å². The van der Waals surface area contributed by atoms with Crippen LogP contribution in [0.5, 0.6) is 0 Å². The monoisotopic (exact) mass is 497 g/mol. The number of pyridine rings is 1. The van der Waals surface area contributed by atoms with Gasteiger partial charge in [-0.1, -0.05) is 6.07 Å². The van der Waals surface area contributed by atoms with Crippen LogP contribution in [0, 0.1) is 0 Å². The first-order valence-electron chi connectivity index (χ1n) is 9.57. The number of aromatic amines is 1. The minimum Gasteiger partial charge on any atom is -0.381 e. The zero-order valence-corrected chi connectivity index (χ0v) is 18.0. The normalized spacial score (nSPS) is 15.5. The van der Waals surface area contributed by atoms with Crippen molar-refractivity contribution in [3.8, 4) is 0 Å². The molecular formula is C20H19BrF3N5O2. The molecule has 0 saturated carbocycles. The van der Waals surface area contributed by atoms with E-state index in [1.54, 1.807) is 7.11 Å². The van der Waals surface area contributed by atoms with Crippen molar-refractivity contribution in [2.45, 2.75) is 25.1 Å². The van der Waals surface area contributed by atoms with Crippen molar-refractivity contribution in [1.29, 1.82) is 0 Å². The molecule has 164 valence electrons. The Morgan fingerprint density at radius 2 is 2.00 bits per heavy atom. The van der Waals surface area contributed by atoms with Crippen LogP contribution in [0.2, 0.25) is 0 Å². The van der Waals surface area contributed by atoms with E-state index in [2.05, 4.69) is 36.2 Å². The Morgan fingerprint density at radius 3 is 2.68 bits per heavy atom. The lowest BCUT2D eigenvalue weighted by atomic mass is 10.1. The summed E-state index contributed by atoms with van der Waals surface area (Å²) < 4.78 is 45.3. The smallest absolute Gasteiger partial charge is 0.381 e. The molecule has 1 saturated heterocycles. The number of aromatic nitrogens is 3. The van der Waals surface area contributed by atoms with E-state index >= 15 is 0 Å². The van der Waals surface area contributed by atoms with Crippen LogP contribution in [-0.2, 0) is 10.9 Å². The Balaban J connectivity index is 1.78. The van der Waals surface area contributed by atoms with Gasteiger partial charge in [0.05, 0.1) is 21.7 Å². The lowest BCUT2D eigenvalue weighted by Crippen LogP contribution is -2.37. The predicted molar refractivity (Wildman–Crippen MR) is 115 cm³/mol. The molecule has 7 nitrogen and oxygen atoms in total. The first-order valence-corrected chi connectivity index (χ1v) is 10.4. The molecule has 0 amide bonds. The summed E-state index contributed by atoms with van der Waals surface area (Å²) in [5.74, 6) is 0.526. The quantitative estimate of drug-likeness (QED) is 0.553. The highest BCUT2D eigenvalue weighted by Crippen LogP contribution is 2.33. The summed E-state index contributed by atoms with van der Waals surface area (Å²) in [6.45, 7) is 1.32. The van der Waals surface area contributed by atoms with Gasteiger partial charge >= 0.3 is 6.18 Å². The number of hydrogen-bond donors (Lipinski definition) is 2. The van der Waals surface area contributed by atoms with E-state index in [1.165, 1.54) is 18.3 Å². The molecule has 0 aliphatic carbocycles. The van der Waals surface area contributed by atoms with E-state index < -0.39 is 17.3 Å². The summed E-state index contributed by atoms with van der Waals surface area (Å²) >= 11 is 3.39. The van der Waals surface area contributed by atoms with E-state index in [1.807, 2.05) is 4.90 Å². The van der Waals surface area contributed by atoms with Crippen molar-refractivity contribution in [3.05, 3.63) is 50.9 Å². The minimum atomic E-state index is -4.48. The lowest BCUT2D eigenvalue weighted by Gasteiger charge is -2.31. The zero-order chi connectivity index (χ0) is 22.2. The van der Waals surface area contributed by atoms with Gasteiger partial charge in [0, 0.05) is 32.1 Å². The van der Waals surface area contributed by atoms with Gasteiger partial charge in [-0.05, 0) is 47.0 Å². The highest BCUT2D eigenvalue weighted by molar-refractivity contribution is 9.10. The fourth-order valence-electron chi connectivity index (χ4n) is 3.54. The SMILES string of the molecule is COC1CCN(c2nc(Nc3cccc(C(F)(F)F)c3)c3c(=O)[nH]cc(Br)c3n2)CC1. The van der Waals surface area contributed by atoms with Crippen LogP contribution < -0.4 is 15.8 Å². The van der Waals surface area contributed by atoms with E-state index in [9.17, 15) is 18.0 Å². The molecule has 3 heterocycles. The Bertz CT molecular complexity index is 1160. The van der Waals surface area contributed by atoms with Gasteiger partial charge in [-0.3, -0.25) is 4.79 Å². The number of H-pyrrole nitrogens is 1. The number of nitrogens with zero attached hydrogens (tertiary/aromatic N) is 3. The number of alkyl halides is 3. The summed E-state index contributed by atoms with van der Waals surface area (Å²) in [5, 5.41) is 3.04. The second-order valence-corrected chi connectivity index (χ2v) is 8.04. The van der Waals surface area contributed by atoms with E-state index in [0.717, 1.165) is 25.0 Å². The number of rotatable bonds is 4. The van der Waals surface area contributed by atoms with Crippen molar-refractivity contribution < 1.29 is 17.9 Å². The summed E-state index contributed by atoms with van der Waals surface area (Å²) in [6.07, 6.45) is -1.25. The summed E-state index contributed by atoms with van der Waals surface area (Å²) in [4.78, 5) is 26.1. The van der Waals surface area contributed by atoms with Gasteiger partial charge < -0.3 is 19.9 Å². The number of fused-ring (bicyclic) bond motifs is 1. The highest BCUT2D eigenvalue weighted by Gasteiger charge is 2.30. The molecule has 11 heteroatoms. The van der Waals surface area contributed by atoms with Crippen molar-refractivity contribution >= 4 is 44.3 Å². The van der Waals surface area contributed by atoms with Gasteiger partial charge in [0.15, 0.2) is 0 Å². The molecular weight excluding hydrogens is 479 g/mol. The van der Waals surface area contributed by atoms with Gasteiger partial charge in [0.1, 0.15) is 11.2 Å². The van der Waals surface area contributed by atoms with Gasteiger partial charge in [0.25, 0.3) is 5.56 Å². The van der Waals surface area contributed by atoms with E-state index in [-0.39, 0.29) is 23.0 Å². The maximum Gasteiger partial charge on any atom is 0.416 e. The summed E-state index contributed by atoms with van der Waals surface area (Å²) in [7, 11) is 1.67. The third kappa shape index (κ3) is 4.52. The topological polar surface area (TPSA) is 83.1 Å². The van der Waals surface area contributed by atoms with Gasteiger partial charge in [-0.25, -0.2) is 4.98 Å². The Labute approximate surface area is 183 Å². The average Bonchev–Trinajstić information content (AvgIpc) is 2.76. The predicted octanol–water partition coefficient (Wildman–Crippen LogP) is 4.46. The third-order valence-electron chi connectivity index (χ3n) is 5.19. The molecule has 1 fully saturated rings. The zero-order valence-electron chi connectivity index (χ0n) is 16.5. The van der Waals surface area contributed by atoms with Crippen molar-refractivity contribution in [3.63, 3.8) is 0 Å². The number of anilines is 3. The standard InChI is InChI=1S/C20H19BrF3N5O2/c1-31-13-5-7-29(8-6-13)19-27-16-14(21)10-25-18(30)15(16)17(28-19)26-12-4-2-3-11(9-12)20(22,23)24/h2-4,9-10,13H,5-8H2,1H3,(H,25,30)(H,26,27,28). The molecule has 31 heavy (non-hydrogen) atoms. The Hall–Kier alpha value is -2.66. The molecule has 2 aromatic heterocycles. The number of piperidine rings is 1. The van der Waals surface area contributed by atoms with Crippen LogP contribution in [-0.4, -0.2) is 41.3 Å². The number of benzene rings is 1. The van der Waals surface area contributed by atoms with Crippen molar-refractivity contribution in [2.75, 3.05) is 30.4 Å². The number of hydrogen-bond acceptors (Lipinski definition) is 6. The number of ether oxygens (including phenoxy) is 1. The number of halogens is 4. The second kappa shape index (κ2) is 8.46. The van der Waals surface area contributed by atoms with Crippen LogP contribution in [0.25, 0.3) is 10.9 Å². The van der Waals surface area contributed by atoms with Gasteiger partial charge in [-0.15, -0.1) is 0 Å². The number of nitrogens with one attached hydrogen (secondary N) is 2. The van der Waals surface area contributed by atoms with Gasteiger partial charge in [-0.2, -0.15) is 18.2 Å². The lowest BCUT2D eigenvalue weighted by molar-refractivity contribution is -0.137. The Kier molecular flexibility index (Phi) is 5.89. The van der Waals surface area contributed by atoms with E-state index in [0.29, 0.717) is 29.0 Å². The molecule has 1 aliphatic rings. The van der Waals surface area contributed by atoms with Crippen LogP contribution in [0.15, 0.2) is 39.7 Å². The molecule has 2 N–H and O–H groups in total. The molecule has 0 unspecified atom stereocenters. The highest BCUT2D eigenvalue weighted by atomic mass is 79.9. The third-order valence-corrected chi connectivity index (χ3v) is 5.80. The van der Waals surface area contributed by atoms with Crippen LogP contribution in [0.1, 0.15) is 18.4 Å². The van der Waals surface area contributed by atoms with Crippen LogP contribution in [0.3, 0.4) is 0 Å². The molecule has 0 radical (unpaired) electrons. The summed E-state index contributed by atoms with van der Waals surface area (Å²) in [6, 6.07) is 4.74. The minimum absolute atomic E-state index is 0.135. The molecule has 1 aromatic carbocycles. The second-order valence-electron chi connectivity index (χ2n) is 7.19. The molecule has 0 bridgehead atoms. The van der Waals surface area contributed by atoms with Crippen LogP contribution >= 0.6 is 15.9 Å². The first kappa shape index (κ1) is 21.6. The molecule has 0 spiro atoms. The van der Waals surface area contributed by atoms with Crippen LogP contribution in [0.4, 0.5) is 30.6 Å². The number of methoxy groups -OCH3 is 1. The Morgan fingerprint density at radius 1 is 1.26 bits per heavy atom. The fourth-order valence-corrected chi connectivity index (χ4v) is 3.94. The van der Waals surface area contributed by atoms with Gasteiger partial charge in [0.2, 0.25) is 5.95 Å². The molecule has 1 aliphatic heterocycles. The molecule has 4 rings (SSSR count).